The van der Waals surface area contributed by atoms with E-state index in [1.807, 2.05) is 0 Å². The standard InChI is InChI=1S/C18H25NO/c1-4-14(3)18(20)13-19(5-2)17-12-8-10-15-9-6-7-11-16(15)17/h6-12,14,18,20H,4-5,13H2,1-3H3. The number of benzene rings is 2. The van der Waals surface area contributed by atoms with Crippen LogP contribution in [-0.2, 0) is 0 Å². The van der Waals surface area contributed by atoms with Gasteiger partial charge in [0.2, 0.25) is 0 Å². The largest absolute Gasteiger partial charge is 0.391 e. The van der Waals surface area contributed by atoms with Gasteiger partial charge in [0.15, 0.2) is 0 Å². The van der Waals surface area contributed by atoms with Crippen molar-refractivity contribution >= 4 is 16.5 Å². The van der Waals surface area contributed by atoms with Gasteiger partial charge >= 0.3 is 0 Å². The molecule has 0 amide bonds. The molecule has 2 atom stereocenters. The van der Waals surface area contributed by atoms with Gasteiger partial charge in [0.1, 0.15) is 0 Å². The molecule has 2 unspecified atom stereocenters. The first-order valence-corrected chi connectivity index (χ1v) is 7.58. The molecule has 0 fully saturated rings. The minimum absolute atomic E-state index is 0.279. The average molecular weight is 271 g/mol. The smallest absolute Gasteiger partial charge is 0.0740 e. The van der Waals surface area contributed by atoms with Crippen LogP contribution in [0.4, 0.5) is 5.69 Å². The van der Waals surface area contributed by atoms with E-state index in [2.05, 4.69) is 68.1 Å². The van der Waals surface area contributed by atoms with Gasteiger partial charge in [-0.1, -0.05) is 56.7 Å². The maximum atomic E-state index is 10.3. The minimum Gasteiger partial charge on any atom is -0.391 e. The number of aliphatic hydroxyl groups is 1. The minimum atomic E-state index is -0.279. The number of nitrogens with zero attached hydrogens (tertiary/aromatic N) is 1. The summed E-state index contributed by atoms with van der Waals surface area (Å²) in [4.78, 5) is 2.28. The molecule has 0 heterocycles. The van der Waals surface area contributed by atoms with Gasteiger partial charge in [-0.3, -0.25) is 0 Å². The molecule has 0 saturated heterocycles. The van der Waals surface area contributed by atoms with Gasteiger partial charge in [0.25, 0.3) is 0 Å². The molecule has 0 aliphatic rings. The molecule has 2 rings (SSSR count). The quantitative estimate of drug-likeness (QED) is 0.856. The van der Waals surface area contributed by atoms with Crippen molar-refractivity contribution < 1.29 is 5.11 Å². The normalized spacial score (nSPS) is 14.2. The first-order valence-electron chi connectivity index (χ1n) is 7.58. The third kappa shape index (κ3) is 3.13. The van der Waals surface area contributed by atoms with Crippen LogP contribution in [-0.4, -0.2) is 24.3 Å². The molecule has 1 N–H and O–H groups in total. The van der Waals surface area contributed by atoms with E-state index in [-0.39, 0.29) is 6.10 Å². The highest BCUT2D eigenvalue weighted by atomic mass is 16.3. The summed E-state index contributed by atoms with van der Waals surface area (Å²) in [6, 6.07) is 14.8. The van der Waals surface area contributed by atoms with E-state index in [1.54, 1.807) is 0 Å². The third-order valence-electron chi connectivity index (χ3n) is 4.20. The second-order valence-corrected chi connectivity index (χ2v) is 5.49. The Morgan fingerprint density at radius 2 is 1.75 bits per heavy atom. The zero-order chi connectivity index (χ0) is 14.5. The van der Waals surface area contributed by atoms with E-state index in [4.69, 9.17) is 0 Å². The van der Waals surface area contributed by atoms with Gasteiger partial charge in [-0.2, -0.15) is 0 Å². The van der Waals surface area contributed by atoms with E-state index in [0.29, 0.717) is 12.5 Å². The van der Waals surface area contributed by atoms with E-state index in [9.17, 15) is 5.11 Å². The second kappa shape index (κ2) is 6.76. The lowest BCUT2D eigenvalue weighted by Gasteiger charge is -2.29. The van der Waals surface area contributed by atoms with Gasteiger partial charge < -0.3 is 10.0 Å². The molecule has 0 aromatic heterocycles. The molecule has 108 valence electrons. The predicted molar refractivity (Wildman–Crippen MR) is 87.3 cm³/mol. The summed E-state index contributed by atoms with van der Waals surface area (Å²) in [5.74, 6) is 0.332. The molecule has 2 nitrogen and oxygen atoms in total. The van der Waals surface area contributed by atoms with Crippen LogP contribution >= 0.6 is 0 Å². The van der Waals surface area contributed by atoms with Crippen molar-refractivity contribution in [2.24, 2.45) is 5.92 Å². The highest BCUT2D eigenvalue weighted by Gasteiger charge is 2.17. The molecular formula is C18H25NO. The van der Waals surface area contributed by atoms with Crippen LogP contribution in [0.25, 0.3) is 10.8 Å². The summed E-state index contributed by atoms with van der Waals surface area (Å²) in [5, 5.41) is 12.8. The maximum Gasteiger partial charge on any atom is 0.0740 e. The molecule has 2 aromatic carbocycles. The van der Waals surface area contributed by atoms with Crippen LogP contribution in [0, 0.1) is 5.92 Å². The zero-order valence-corrected chi connectivity index (χ0v) is 12.7. The number of hydrogen-bond acceptors (Lipinski definition) is 2. The molecule has 0 radical (unpaired) electrons. The Hall–Kier alpha value is -1.54. The molecule has 0 aliphatic heterocycles. The lowest BCUT2D eigenvalue weighted by atomic mass is 10.0. The maximum absolute atomic E-state index is 10.3. The summed E-state index contributed by atoms with van der Waals surface area (Å²) in [6.45, 7) is 7.98. The lowest BCUT2D eigenvalue weighted by molar-refractivity contribution is 0.120. The van der Waals surface area contributed by atoms with Crippen LogP contribution < -0.4 is 4.90 Å². The van der Waals surface area contributed by atoms with Gasteiger partial charge in [0, 0.05) is 24.2 Å². The van der Waals surface area contributed by atoms with E-state index in [0.717, 1.165) is 13.0 Å². The number of hydrogen-bond donors (Lipinski definition) is 1. The number of fused-ring (bicyclic) bond motifs is 1. The number of rotatable bonds is 6. The lowest BCUT2D eigenvalue weighted by Crippen LogP contribution is -2.35. The van der Waals surface area contributed by atoms with Crippen molar-refractivity contribution in [3.63, 3.8) is 0 Å². The molecule has 2 aromatic rings. The summed E-state index contributed by atoms with van der Waals surface area (Å²) in [5.41, 5.74) is 1.22. The molecule has 0 saturated carbocycles. The highest BCUT2D eigenvalue weighted by Crippen LogP contribution is 2.27. The number of likely N-dealkylation sites (N-methyl/N-ethyl adjacent to an activating group) is 1. The first-order chi connectivity index (χ1) is 9.67. The van der Waals surface area contributed by atoms with E-state index >= 15 is 0 Å². The van der Waals surface area contributed by atoms with Gasteiger partial charge in [0.05, 0.1) is 6.10 Å². The van der Waals surface area contributed by atoms with Crippen LogP contribution in [0.5, 0.6) is 0 Å². The van der Waals surface area contributed by atoms with Gasteiger partial charge in [-0.05, 0) is 24.3 Å². The highest BCUT2D eigenvalue weighted by molar-refractivity contribution is 5.94. The van der Waals surface area contributed by atoms with Gasteiger partial charge in [-0.15, -0.1) is 0 Å². The first kappa shape index (κ1) is 14.9. The number of anilines is 1. The topological polar surface area (TPSA) is 23.5 Å². The Morgan fingerprint density at radius 3 is 2.45 bits per heavy atom. The fraction of sp³-hybridized carbons (Fsp3) is 0.444. The third-order valence-corrected chi connectivity index (χ3v) is 4.20. The molecule has 2 heteroatoms. The second-order valence-electron chi connectivity index (χ2n) is 5.49. The Kier molecular flexibility index (Phi) is 5.02. The Morgan fingerprint density at radius 1 is 1.05 bits per heavy atom. The predicted octanol–water partition coefficient (Wildman–Crippen LogP) is 4.07. The molecule has 0 aliphatic carbocycles. The van der Waals surface area contributed by atoms with Crippen molar-refractivity contribution in [2.75, 3.05) is 18.0 Å². The molecule has 20 heavy (non-hydrogen) atoms. The van der Waals surface area contributed by atoms with Crippen LogP contribution in [0.3, 0.4) is 0 Å². The summed E-state index contributed by atoms with van der Waals surface area (Å²) in [6.07, 6.45) is 0.729. The fourth-order valence-electron chi connectivity index (χ4n) is 2.56. The summed E-state index contributed by atoms with van der Waals surface area (Å²) in [7, 11) is 0. The van der Waals surface area contributed by atoms with E-state index < -0.39 is 0 Å². The fourth-order valence-corrected chi connectivity index (χ4v) is 2.56. The SMILES string of the molecule is CCC(C)C(O)CN(CC)c1cccc2ccccc12. The van der Waals surface area contributed by atoms with Crippen molar-refractivity contribution in [1.82, 2.24) is 0 Å². The number of aliphatic hydroxyl groups excluding tert-OH is 1. The van der Waals surface area contributed by atoms with Crippen LogP contribution in [0.15, 0.2) is 42.5 Å². The molecular weight excluding hydrogens is 246 g/mol. The van der Waals surface area contributed by atoms with Crippen molar-refractivity contribution in [3.8, 4) is 0 Å². The van der Waals surface area contributed by atoms with E-state index in [1.165, 1.54) is 16.5 Å². The van der Waals surface area contributed by atoms with Crippen LogP contribution in [0.2, 0.25) is 0 Å². The van der Waals surface area contributed by atoms with Crippen molar-refractivity contribution in [2.45, 2.75) is 33.3 Å². The van der Waals surface area contributed by atoms with Crippen molar-refractivity contribution in [3.05, 3.63) is 42.5 Å². The van der Waals surface area contributed by atoms with Gasteiger partial charge in [-0.25, -0.2) is 0 Å². The van der Waals surface area contributed by atoms with Crippen LogP contribution in [0.1, 0.15) is 27.2 Å². The zero-order valence-electron chi connectivity index (χ0n) is 12.7. The molecule has 0 spiro atoms. The Balaban J connectivity index is 2.30. The Labute approximate surface area is 122 Å². The average Bonchev–Trinajstić information content (AvgIpc) is 2.51. The summed E-state index contributed by atoms with van der Waals surface area (Å²) < 4.78 is 0. The summed E-state index contributed by atoms with van der Waals surface area (Å²) >= 11 is 0. The van der Waals surface area contributed by atoms with Crippen molar-refractivity contribution in [1.29, 1.82) is 0 Å². The Bertz CT molecular complexity index is 547. The molecule has 0 bridgehead atoms. The monoisotopic (exact) mass is 271 g/mol.